The van der Waals surface area contributed by atoms with Gasteiger partial charge in [-0.3, -0.25) is 20.4 Å². The minimum Gasteiger partial charge on any atom is -0.484 e. The number of thiazole rings is 1. The fourth-order valence-corrected chi connectivity index (χ4v) is 4.83. The monoisotopic (exact) mass is 456 g/mol. The van der Waals surface area contributed by atoms with Crippen molar-refractivity contribution in [2.75, 3.05) is 37.8 Å². The van der Waals surface area contributed by atoms with Gasteiger partial charge < -0.3 is 18.8 Å². The van der Waals surface area contributed by atoms with Crippen LogP contribution in [0.4, 0.5) is 5.13 Å². The number of carbonyl (C=O) groups is 2. The maximum atomic E-state index is 12.3. The van der Waals surface area contributed by atoms with Crippen molar-refractivity contribution in [3.05, 3.63) is 40.6 Å². The maximum Gasteiger partial charge on any atom is 0.289 e. The van der Waals surface area contributed by atoms with Crippen LogP contribution in [0.2, 0.25) is 0 Å². The molecule has 1 aliphatic carbocycles. The summed E-state index contributed by atoms with van der Waals surface area (Å²) in [5, 5.41) is 3.49. The molecule has 2 N–H and O–H groups in total. The maximum absolute atomic E-state index is 12.3. The third kappa shape index (κ3) is 4.42. The quantitative estimate of drug-likeness (QED) is 0.568. The van der Waals surface area contributed by atoms with Gasteiger partial charge in [0, 0.05) is 35.8 Å². The van der Waals surface area contributed by atoms with Gasteiger partial charge in [-0.15, -0.1) is 11.3 Å². The predicted octanol–water partition coefficient (Wildman–Crippen LogP) is 2.44. The van der Waals surface area contributed by atoms with E-state index in [2.05, 4.69) is 20.7 Å². The molecule has 9 nitrogen and oxygen atoms in total. The lowest BCUT2D eigenvalue weighted by atomic mass is 9.96. The normalized spacial score (nSPS) is 15.9. The summed E-state index contributed by atoms with van der Waals surface area (Å²) >= 11 is 1.39. The molecule has 3 aromatic rings. The highest BCUT2D eigenvalue weighted by Crippen LogP contribution is 2.33. The van der Waals surface area contributed by atoms with E-state index in [1.165, 1.54) is 16.9 Å². The zero-order valence-corrected chi connectivity index (χ0v) is 18.3. The predicted molar refractivity (Wildman–Crippen MR) is 119 cm³/mol. The number of aromatic nitrogens is 1. The number of anilines is 1. The number of hydrazine groups is 1. The van der Waals surface area contributed by atoms with E-state index in [9.17, 15) is 9.59 Å². The first-order valence-electron chi connectivity index (χ1n) is 10.7. The lowest BCUT2D eigenvalue weighted by Crippen LogP contribution is -2.44. The third-order valence-electron chi connectivity index (χ3n) is 5.62. The first-order valence-corrected chi connectivity index (χ1v) is 11.6. The first kappa shape index (κ1) is 20.8. The number of hydrogen-bond donors (Lipinski definition) is 2. The summed E-state index contributed by atoms with van der Waals surface area (Å²) in [5.41, 5.74) is 7.11. The third-order valence-corrected chi connectivity index (χ3v) is 6.52. The van der Waals surface area contributed by atoms with E-state index in [1.54, 1.807) is 11.4 Å². The van der Waals surface area contributed by atoms with Crippen LogP contribution in [-0.4, -0.2) is 49.7 Å². The van der Waals surface area contributed by atoms with Crippen LogP contribution in [0.3, 0.4) is 0 Å². The van der Waals surface area contributed by atoms with E-state index in [0.717, 1.165) is 60.6 Å². The molecular weight excluding hydrogens is 432 g/mol. The molecule has 168 valence electrons. The van der Waals surface area contributed by atoms with Gasteiger partial charge in [0.15, 0.2) is 11.7 Å². The van der Waals surface area contributed by atoms with Crippen molar-refractivity contribution in [2.24, 2.45) is 0 Å². The number of morpholine rings is 1. The molecule has 2 amide bonds. The number of ether oxygens (including phenoxy) is 2. The van der Waals surface area contributed by atoms with Crippen LogP contribution < -0.4 is 20.5 Å². The van der Waals surface area contributed by atoms with E-state index in [-0.39, 0.29) is 12.3 Å². The number of nitrogens with one attached hydrogen (secondary N) is 2. The molecule has 1 aromatic carbocycles. The molecule has 1 aliphatic heterocycles. The molecule has 1 saturated heterocycles. The Morgan fingerprint density at radius 2 is 2.00 bits per heavy atom. The van der Waals surface area contributed by atoms with Crippen LogP contribution in [0.5, 0.6) is 5.75 Å². The zero-order valence-electron chi connectivity index (χ0n) is 17.5. The Hall–Kier alpha value is -3.11. The van der Waals surface area contributed by atoms with Crippen LogP contribution in [0, 0.1) is 0 Å². The Kier molecular flexibility index (Phi) is 5.95. The number of nitrogens with zero attached hydrogens (tertiary/aromatic N) is 2. The first-order chi connectivity index (χ1) is 15.7. The number of hydrogen-bond acceptors (Lipinski definition) is 8. The van der Waals surface area contributed by atoms with Gasteiger partial charge >= 0.3 is 0 Å². The lowest BCUT2D eigenvalue weighted by molar-refractivity contribution is -0.123. The molecule has 2 aromatic heterocycles. The van der Waals surface area contributed by atoms with E-state index in [0.29, 0.717) is 19.0 Å². The van der Waals surface area contributed by atoms with Crippen molar-refractivity contribution >= 4 is 39.3 Å². The number of aryl methyl sites for hydroxylation is 2. The highest BCUT2D eigenvalue weighted by Gasteiger charge is 2.19. The molecule has 2 aliphatic rings. The molecule has 32 heavy (non-hydrogen) atoms. The fourth-order valence-electron chi connectivity index (χ4n) is 3.98. The molecule has 0 spiro atoms. The van der Waals surface area contributed by atoms with Crippen molar-refractivity contribution in [3.8, 4) is 5.75 Å². The Morgan fingerprint density at radius 3 is 2.88 bits per heavy atom. The van der Waals surface area contributed by atoms with Gasteiger partial charge in [0.25, 0.3) is 11.8 Å². The minimum absolute atomic E-state index is 0.220. The Bertz CT molecular complexity index is 1130. The van der Waals surface area contributed by atoms with E-state index in [1.807, 2.05) is 12.1 Å². The number of benzene rings is 1. The molecule has 3 heterocycles. The Labute approximate surface area is 188 Å². The summed E-state index contributed by atoms with van der Waals surface area (Å²) in [7, 11) is 0. The molecule has 10 heteroatoms. The average molecular weight is 457 g/mol. The van der Waals surface area contributed by atoms with Gasteiger partial charge in [-0.05, 0) is 37.5 Å². The summed E-state index contributed by atoms with van der Waals surface area (Å²) in [5.74, 6) is 0.710. The van der Waals surface area contributed by atoms with Crippen molar-refractivity contribution < 1.29 is 23.5 Å². The van der Waals surface area contributed by atoms with Crippen LogP contribution >= 0.6 is 11.3 Å². The molecule has 0 radical (unpaired) electrons. The summed E-state index contributed by atoms with van der Waals surface area (Å²) in [4.78, 5) is 30.9. The standard InChI is InChI=1S/C22H24N4O5S/c27-20(24-25-21(28)17-13-32-22(23-17)26-7-9-29-10-8-26)12-30-14-5-6-19-16(11-14)15-3-1-2-4-18(15)31-19/h5-6,11,13H,1-4,7-10,12H2,(H,24,27)(H,25,28). The van der Waals surface area contributed by atoms with Crippen LogP contribution in [0.15, 0.2) is 28.0 Å². The van der Waals surface area contributed by atoms with Crippen molar-refractivity contribution in [1.29, 1.82) is 0 Å². The smallest absolute Gasteiger partial charge is 0.289 e. The van der Waals surface area contributed by atoms with E-state index < -0.39 is 11.8 Å². The SMILES string of the molecule is O=C(COc1ccc2oc3c(c2c1)CCCC3)NNC(=O)c1csc(N2CCOCC2)n1. The van der Waals surface area contributed by atoms with E-state index in [4.69, 9.17) is 13.9 Å². The number of amides is 2. The number of rotatable bonds is 5. The zero-order chi connectivity index (χ0) is 21.9. The van der Waals surface area contributed by atoms with Crippen molar-refractivity contribution in [2.45, 2.75) is 25.7 Å². The second kappa shape index (κ2) is 9.17. The molecule has 0 unspecified atom stereocenters. The second-order valence-electron chi connectivity index (χ2n) is 7.77. The van der Waals surface area contributed by atoms with Gasteiger partial charge in [-0.2, -0.15) is 0 Å². The summed E-state index contributed by atoms with van der Waals surface area (Å²) in [6.07, 6.45) is 4.27. The number of furan rings is 1. The van der Waals surface area contributed by atoms with Gasteiger partial charge in [0.05, 0.1) is 13.2 Å². The molecule has 0 saturated carbocycles. The molecule has 5 rings (SSSR count). The summed E-state index contributed by atoms with van der Waals surface area (Å²) < 4.78 is 16.9. The average Bonchev–Trinajstić information content (AvgIpc) is 3.47. The largest absolute Gasteiger partial charge is 0.484 e. The number of fused-ring (bicyclic) bond motifs is 3. The van der Waals surface area contributed by atoms with Crippen LogP contribution in [0.1, 0.15) is 34.7 Å². The fraction of sp³-hybridized carbons (Fsp3) is 0.409. The van der Waals surface area contributed by atoms with Crippen LogP contribution in [0.25, 0.3) is 11.0 Å². The second-order valence-corrected chi connectivity index (χ2v) is 8.61. The molecule has 0 atom stereocenters. The van der Waals surface area contributed by atoms with Crippen molar-refractivity contribution in [3.63, 3.8) is 0 Å². The molecule has 1 fully saturated rings. The number of carbonyl (C=O) groups excluding carboxylic acids is 2. The van der Waals surface area contributed by atoms with Gasteiger partial charge in [-0.1, -0.05) is 0 Å². The highest BCUT2D eigenvalue weighted by atomic mass is 32.1. The topological polar surface area (TPSA) is 106 Å². The minimum atomic E-state index is -0.472. The summed E-state index contributed by atoms with van der Waals surface area (Å²) in [6.45, 7) is 2.56. The van der Waals surface area contributed by atoms with Crippen LogP contribution in [-0.2, 0) is 22.4 Å². The molecular formula is C22H24N4O5S. The van der Waals surface area contributed by atoms with Gasteiger partial charge in [0.2, 0.25) is 0 Å². The highest BCUT2D eigenvalue weighted by molar-refractivity contribution is 7.13. The lowest BCUT2D eigenvalue weighted by Gasteiger charge is -2.25. The Morgan fingerprint density at radius 1 is 1.16 bits per heavy atom. The summed E-state index contributed by atoms with van der Waals surface area (Å²) in [6, 6.07) is 5.57. The van der Waals surface area contributed by atoms with Gasteiger partial charge in [0.1, 0.15) is 22.8 Å². The van der Waals surface area contributed by atoms with E-state index >= 15 is 0 Å². The molecule has 0 bridgehead atoms. The van der Waals surface area contributed by atoms with Gasteiger partial charge in [-0.25, -0.2) is 4.98 Å². The van der Waals surface area contributed by atoms with Crippen molar-refractivity contribution in [1.82, 2.24) is 15.8 Å². The Balaban J connectivity index is 1.13.